The molecule has 0 aliphatic heterocycles. The van der Waals surface area contributed by atoms with Crippen LogP contribution in [0.1, 0.15) is 30.1 Å². The topological polar surface area (TPSA) is 20.3 Å². The Morgan fingerprint density at radius 2 is 2.05 bits per heavy atom. The first-order valence-corrected chi connectivity index (χ1v) is 6.71. The van der Waals surface area contributed by atoms with Gasteiger partial charge in [-0.1, -0.05) is 0 Å². The molecule has 0 saturated heterocycles. The van der Waals surface area contributed by atoms with Crippen molar-refractivity contribution in [3.8, 4) is 0 Å². The van der Waals surface area contributed by atoms with Gasteiger partial charge in [0.25, 0.3) is 0 Å². The van der Waals surface area contributed by atoms with Crippen LogP contribution >= 0.6 is 15.9 Å². The van der Waals surface area contributed by atoms with E-state index in [9.17, 15) is 18.0 Å². The van der Waals surface area contributed by atoms with Crippen molar-refractivity contribution < 1.29 is 18.0 Å². The summed E-state index contributed by atoms with van der Waals surface area (Å²) in [4.78, 5) is 12.7. The van der Waals surface area contributed by atoms with Gasteiger partial charge in [-0.25, -0.2) is 0 Å². The minimum absolute atomic E-state index is 0.0447. The Balaban J connectivity index is 2.27. The number of anilines is 1. The van der Waals surface area contributed by atoms with Gasteiger partial charge in [-0.05, 0) is 53.9 Å². The summed E-state index contributed by atoms with van der Waals surface area (Å²) in [7, 11) is 0. The second kappa shape index (κ2) is 5.15. The largest absolute Gasteiger partial charge is 0.405 e. The van der Waals surface area contributed by atoms with Crippen molar-refractivity contribution in [1.82, 2.24) is 0 Å². The molecule has 0 bridgehead atoms. The fraction of sp³-hybridized carbons (Fsp3) is 0.462. The summed E-state index contributed by atoms with van der Waals surface area (Å²) >= 11 is 3.24. The Morgan fingerprint density at radius 1 is 1.42 bits per heavy atom. The van der Waals surface area contributed by atoms with Crippen molar-refractivity contribution in [1.29, 1.82) is 0 Å². The number of ketones is 1. The molecular weight excluding hydrogens is 323 g/mol. The number of halogens is 4. The van der Waals surface area contributed by atoms with Crippen LogP contribution in [0.2, 0.25) is 0 Å². The molecule has 0 radical (unpaired) electrons. The normalized spacial score (nSPS) is 15.4. The van der Waals surface area contributed by atoms with E-state index in [1.807, 2.05) is 0 Å². The van der Waals surface area contributed by atoms with Crippen molar-refractivity contribution in [3.63, 3.8) is 0 Å². The molecule has 0 N–H and O–H groups in total. The summed E-state index contributed by atoms with van der Waals surface area (Å²) in [6.45, 7) is 0.470. The molecular formula is C13H13BrF3NO. The molecule has 1 aliphatic rings. The number of nitrogens with zero attached hydrogens (tertiary/aromatic N) is 1. The molecule has 19 heavy (non-hydrogen) atoms. The molecule has 0 amide bonds. The van der Waals surface area contributed by atoms with E-state index >= 15 is 0 Å². The highest BCUT2D eigenvalue weighted by molar-refractivity contribution is 9.10. The molecule has 2 nitrogen and oxygen atoms in total. The van der Waals surface area contributed by atoms with Gasteiger partial charge in [0.15, 0.2) is 5.78 Å². The average Bonchev–Trinajstić information content (AvgIpc) is 3.07. The van der Waals surface area contributed by atoms with Crippen LogP contribution in [0.15, 0.2) is 22.7 Å². The number of alkyl halides is 3. The van der Waals surface area contributed by atoms with Gasteiger partial charge in [-0.3, -0.25) is 4.79 Å². The van der Waals surface area contributed by atoms with Gasteiger partial charge < -0.3 is 4.90 Å². The summed E-state index contributed by atoms with van der Waals surface area (Å²) in [5.41, 5.74) is 0.975. The number of benzene rings is 1. The van der Waals surface area contributed by atoms with Gasteiger partial charge in [0.2, 0.25) is 0 Å². The Labute approximate surface area is 117 Å². The lowest BCUT2D eigenvalue weighted by Crippen LogP contribution is -2.36. The quantitative estimate of drug-likeness (QED) is 0.769. The van der Waals surface area contributed by atoms with E-state index in [2.05, 4.69) is 15.9 Å². The number of Topliss-reactive ketones (excluding diaryl/α,β-unsaturated/α-hetero) is 1. The molecule has 6 heteroatoms. The molecule has 1 aromatic carbocycles. The maximum atomic E-state index is 12.6. The third kappa shape index (κ3) is 3.72. The lowest BCUT2D eigenvalue weighted by Gasteiger charge is -2.26. The molecule has 1 aromatic rings. The van der Waals surface area contributed by atoms with Crippen LogP contribution in [-0.2, 0) is 0 Å². The van der Waals surface area contributed by atoms with Crippen LogP contribution < -0.4 is 4.90 Å². The predicted molar refractivity (Wildman–Crippen MR) is 70.6 cm³/mol. The fourth-order valence-electron chi connectivity index (χ4n) is 1.98. The van der Waals surface area contributed by atoms with E-state index in [4.69, 9.17) is 0 Å². The van der Waals surface area contributed by atoms with Crippen molar-refractivity contribution >= 4 is 27.4 Å². The lowest BCUT2D eigenvalue weighted by atomic mass is 10.1. The molecule has 1 aliphatic carbocycles. The lowest BCUT2D eigenvalue weighted by molar-refractivity contribution is -0.120. The van der Waals surface area contributed by atoms with E-state index in [0.717, 1.165) is 12.8 Å². The highest BCUT2D eigenvalue weighted by Crippen LogP contribution is 2.36. The first kappa shape index (κ1) is 14.4. The standard InChI is InChI=1S/C13H13BrF3NO/c1-8(19)11-5-4-10(6-12(11)14)18(9-2-3-9)7-13(15,16)17/h4-6,9H,2-3,7H2,1H3. The highest BCUT2D eigenvalue weighted by Gasteiger charge is 2.38. The Kier molecular flexibility index (Phi) is 3.90. The molecule has 1 fully saturated rings. The summed E-state index contributed by atoms with van der Waals surface area (Å²) in [5, 5.41) is 0. The van der Waals surface area contributed by atoms with Crippen LogP contribution in [0.5, 0.6) is 0 Å². The summed E-state index contributed by atoms with van der Waals surface area (Å²) in [6, 6.07) is 4.68. The Morgan fingerprint density at radius 3 is 2.47 bits per heavy atom. The summed E-state index contributed by atoms with van der Waals surface area (Å²) in [6.07, 6.45) is -2.67. The first-order chi connectivity index (χ1) is 8.78. The first-order valence-electron chi connectivity index (χ1n) is 5.92. The highest BCUT2D eigenvalue weighted by atomic mass is 79.9. The van der Waals surface area contributed by atoms with Gasteiger partial charge in [0.05, 0.1) is 0 Å². The predicted octanol–water partition coefficient (Wildman–Crippen LogP) is 4.18. The molecule has 1 saturated carbocycles. The van der Waals surface area contributed by atoms with Crippen molar-refractivity contribution in [3.05, 3.63) is 28.2 Å². The van der Waals surface area contributed by atoms with Gasteiger partial charge >= 0.3 is 6.18 Å². The molecule has 104 valence electrons. The Hall–Kier alpha value is -1.04. The van der Waals surface area contributed by atoms with Crippen molar-refractivity contribution in [2.75, 3.05) is 11.4 Å². The Bertz CT molecular complexity index is 497. The number of hydrogen-bond acceptors (Lipinski definition) is 2. The summed E-state index contributed by atoms with van der Waals surface area (Å²) < 4.78 is 38.3. The average molecular weight is 336 g/mol. The maximum Gasteiger partial charge on any atom is 0.405 e. The van der Waals surface area contributed by atoms with Gasteiger partial charge in [-0.2, -0.15) is 13.2 Å². The van der Waals surface area contributed by atoms with Gasteiger partial charge in [-0.15, -0.1) is 0 Å². The van der Waals surface area contributed by atoms with Gasteiger partial charge in [0.1, 0.15) is 6.54 Å². The summed E-state index contributed by atoms with van der Waals surface area (Å²) in [5.74, 6) is -0.118. The molecule has 2 rings (SSSR count). The van der Waals surface area contributed by atoms with E-state index < -0.39 is 12.7 Å². The smallest absolute Gasteiger partial charge is 0.359 e. The minimum atomic E-state index is -4.23. The van der Waals surface area contributed by atoms with Crippen LogP contribution in [0.25, 0.3) is 0 Å². The number of rotatable bonds is 4. The zero-order valence-electron chi connectivity index (χ0n) is 10.3. The van der Waals surface area contributed by atoms with E-state index in [-0.39, 0.29) is 11.8 Å². The molecule has 0 heterocycles. The van der Waals surface area contributed by atoms with E-state index in [0.29, 0.717) is 15.7 Å². The zero-order chi connectivity index (χ0) is 14.2. The number of carbonyl (C=O) groups is 1. The second-order valence-electron chi connectivity index (χ2n) is 4.69. The monoisotopic (exact) mass is 335 g/mol. The van der Waals surface area contributed by atoms with E-state index in [1.165, 1.54) is 11.8 Å². The molecule has 0 atom stereocenters. The van der Waals surface area contributed by atoms with E-state index in [1.54, 1.807) is 18.2 Å². The zero-order valence-corrected chi connectivity index (χ0v) is 11.9. The molecule has 0 aromatic heterocycles. The fourth-order valence-corrected chi connectivity index (χ4v) is 2.62. The van der Waals surface area contributed by atoms with Crippen LogP contribution in [0.4, 0.5) is 18.9 Å². The maximum absolute atomic E-state index is 12.6. The van der Waals surface area contributed by atoms with Gasteiger partial charge in [0, 0.05) is 21.8 Å². The third-order valence-corrected chi connectivity index (χ3v) is 3.66. The second-order valence-corrected chi connectivity index (χ2v) is 5.55. The SMILES string of the molecule is CC(=O)c1ccc(N(CC(F)(F)F)C2CC2)cc1Br. The van der Waals surface area contributed by atoms with Crippen LogP contribution in [0, 0.1) is 0 Å². The van der Waals surface area contributed by atoms with Crippen LogP contribution in [-0.4, -0.2) is 24.5 Å². The van der Waals surface area contributed by atoms with Crippen molar-refractivity contribution in [2.45, 2.75) is 32.0 Å². The number of carbonyl (C=O) groups excluding carboxylic acids is 1. The minimum Gasteiger partial charge on any atom is -0.359 e. The number of hydrogen-bond donors (Lipinski definition) is 0. The van der Waals surface area contributed by atoms with Crippen LogP contribution in [0.3, 0.4) is 0 Å². The molecule has 0 unspecified atom stereocenters. The molecule has 0 spiro atoms. The third-order valence-electron chi connectivity index (χ3n) is 3.00. The van der Waals surface area contributed by atoms with Crippen molar-refractivity contribution in [2.24, 2.45) is 0 Å².